The van der Waals surface area contributed by atoms with Crippen LogP contribution in [0.3, 0.4) is 0 Å². The van der Waals surface area contributed by atoms with Crippen LogP contribution in [0.4, 0.5) is 10.1 Å². The Labute approximate surface area is 111 Å². The number of nitro benzene ring substituents is 1. The van der Waals surface area contributed by atoms with Crippen molar-refractivity contribution < 1.29 is 9.31 Å². The number of hydrogen-bond acceptors (Lipinski definition) is 4. The van der Waals surface area contributed by atoms with Gasteiger partial charge >= 0.3 is 0 Å². The van der Waals surface area contributed by atoms with E-state index in [1.165, 1.54) is 18.6 Å². The van der Waals surface area contributed by atoms with Crippen molar-refractivity contribution in [1.82, 2.24) is 10.2 Å². The van der Waals surface area contributed by atoms with Crippen molar-refractivity contribution >= 4 is 5.69 Å². The Balaban J connectivity index is 1.95. The van der Waals surface area contributed by atoms with Gasteiger partial charge in [-0.25, -0.2) is 4.39 Å². The molecule has 1 unspecified atom stereocenters. The van der Waals surface area contributed by atoms with Crippen LogP contribution >= 0.6 is 0 Å². The minimum atomic E-state index is -0.474. The lowest BCUT2D eigenvalue weighted by Crippen LogP contribution is -2.35. The summed E-state index contributed by atoms with van der Waals surface area (Å²) in [6.45, 7) is 2.18. The van der Waals surface area contributed by atoms with Gasteiger partial charge in [-0.2, -0.15) is 0 Å². The van der Waals surface area contributed by atoms with Crippen molar-refractivity contribution in [3.8, 4) is 0 Å². The summed E-state index contributed by atoms with van der Waals surface area (Å²) in [7, 11) is 2.07. The molecule has 0 saturated carbocycles. The summed E-state index contributed by atoms with van der Waals surface area (Å²) < 4.78 is 13.1. The molecule has 0 aromatic heterocycles. The summed E-state index contributed by atoms with van der Waals surface area (Å²) in [6, 6.07) is 4.02. The van der Waals surface area contributed by atoms with Gasteiger partial charge in [0.15, 0.2) is 0 Å². The highest BCUT2D eigenvalue weighted by atomic mass is 19.1. The number of halogens is 1. The summed E-state index contributed by atoms with van der Waals surface area (Å²) >= 11 is 0. The standard InChI is InChI=1S/C13H18FN3O2/c1-16-6-2-3-12(16)9-15-8-10-7-11(14)4-5-13(10)17(18)19/h4-5,7,12,15H,2-3,6,8-9H2,1H3. The minimum absolute atomic E-state index is 0.0336. The van der Waals surface area contributed by atoms with Crippen molar-refractivity contribution in [2.75, 3.05) is 20.1 Å². The molecule has 1 saturated heterocycles. The van der Waals surface area contributed by atoms with E-state index in [2.05, 4.69) is 17.3 Å². The van der Waals surface area contributed by atoms with E-state index in [-0.39, 0.29) is 5.69 Å². The van der Waals surface area contributed by atoms with Crippen molar-refractivity contribution in [2.24, 2.45) is 0 Å². The molecule has 1 N–H and O–H groups in total. The highest BCUT2D eigenvalue weighted by molar-refractivity contribution is 5.40. The van der Waals surface area contributed by atoms with E-state index in [4.69, 9.17) is 0 Å². The maximum atomic E-state index is 13.1. The summed E-state index contributed by atoms with van der Waals surface area (Å²) in [4.78, 5) is 12.6. The van der Waals surface area contributed by atoms with Gasteiger partial charge in [-0.3, -0.25) is 10.1 Å². The van der Waals surface area contributed by atoms with E-state index in [9.17, 15) is 14.5 Å². The number of hydrogen-bond donors (Lipinski definition) is 1. The smallest absolute Gasteiger partial charge is 0.274 e. The second-order valence-electron chi connectivity index (χ2n) is 4.94. The first kappa shape index (κ1) is 13.9. The van der Waals surface area contributed by atoms with Crippen LogP contribution in [0.5, 0.6) is 0 Å². The number of nitrogens with zero attached hydrogens (tertiary/aromatic N) is 2. The minimum Gasteiger partial charge on any atom is -0.311 e. The second kappa shape index (κ2) is 6.08. The van der Waals surface area contributed by atoms with Gasteiger partial charge in [0, 0.05) is 30.8 Å². The fourth-order valence-electron chi connectivity index (χ4n) is 2.48. The number of nitrogens with one attached hydrogen (secondary N) is 1. The quantitative estimate of drug-likeness (QED) is 0.654. The number of benzene rings is 1. The van der Waals surface area contributed by atoms with Crippen LogP contribution in [0.15, 0.2) is 18.2 Å². The Bertz CT molecular complexity index is 467. The van der Waals surface area contributed by atoms with Gasteiger partial charge in [0.2, 0.25) is 0 Å². The molecule has 0 spiro atoms. The maximum absolute atomic E-state index is 13.1. The van der Waals surface area contributed by atoms with Crippen LogP contribution in [0.1, 0.15) is 18.4 Å². The number of rotatable bonds is 5. The number of likely N-dealkylation sites (N-methyl/N-ethyl adjacent to an activating group) is 1. The van der Waals surface area contributed by atoms with Crippen LogP contribution in [-0.4, -0.2) is 36.0 Å². The Morgan fingerprint density at radius 2 is 2.37 bits per heavy atom. The Morgan fingerprint density at radius 1 is 1.58 bits per heavy atom. The van der Waals surface area contributed by atoms with Gasteiger partial charge < -0.3 is 10.2 Å². The van der Waals surface area contributed by atoms with E-state index in [1.54, 1.807) is 0 Å². The molecular formula is C13H18FN3O2. The number of nitro groups is 1. The molecular weight excluding hydrogens is 249 g/mol. The molecule has 1 aromatic carbocycles. The topological polar surface area (TPSA) is 58.4 Å². The molecule has 6 heteroatoms. The molecule has 1 heterocycles. The largest absolute Gasteiger partial charge is 0.311 e. The molecule has 0 bridgehead atoms. The predicted molar refractivity (Wildman–Crippen MR) is 70.4 cm³/mol. The van der Waals surface area contributed by atoms with Gasteiger partial charge in [-0.15, -0.1) is 0 Å². The molecule has 104 valence electrons. The Morgan fingerprint density at radius 3 is 3.00 bits per heavy atom. The first-order valence-corrected chi connectivity index (χ1v) is 6.41. The first-order valence-electron chi connectivity index (χ1n) is 6.41. The molecule has 1 aliphatic rings. The zero-order valence-electron chi connectivity index (χ0n) is 10.9. The third-order valence-corrected chi connectivity index (χ3v) is 3.61. The van der Waals surface area contributed by atoms with Crippen molar-refractivity contribution in [3.05, 3.63) is 39.7 Å². The van der Waals surface area contributed by atoms with E-state index >= 15 is 0 Å². The van der Waals surface area contributed by atoms with Gasteiger partial charge in [0.25, 0.3) is 5.69 Å². The molecule has 1 atom stereocenters. The van der Waals surface area contributed by atoms with Gasteiger partial charge in [0.1, 0.15) is 5.82 Å². The SMILES string of the molecule is CN1CCCC1CNCc1cc(F)ccc1[N+](=O)[O-]. The zero-order valence-corrected chi connectivity index (χ0v) is 10.9. The monoisotopic (exact) mass is 267 g/mol. The summed E-state index contributed by atoms with van der Waals surface area (Å²) in [5.74, 6) is -0.444. The average Bonchev–Trinajstić information content (AvgIpc) is 2.75. The van der Waals surface area contributed by atoms with Crippen LogP contribution in [0.25, 0.3) is 0 Å². The van der Waals surface area contributed by atoms with Crippen molar-refractivity contribution in [1.29, 1.82) is 0 Å². The predicted octanol–water partition coefficient (Wildman–Crippen LogP) is 1.92. The molecule has 1 fully saturated rings. The van der Waals surface area contributed by atoms with Gasteiger partial charge in [0.05, 0.1) is 4.92 Å². The normalized spacial score (nSPS) is 19.8. The van der Waals surface area contributed by atoms with Gasteiger partial charge in [-0.1, -0.05) is 0 Å². The first-order chi connectivity index (χ1) is 9.08. The van der Waals surface area contributed by atoms with E-state index < -0.39 is 10.7 Å². The third-order valence-electron chi connectivity index (χ3n) is 3.61. The lowest BCUT2D eigenvalue weighted by atomic mass is 10.1. The Kier molecular flexibility index (Phi) is 4.44. The van der Waals surface area contributed by atoms with Gasteiger partial charge in [-0.05, 0) is 38.6 Å². The fraction of sp³-hybridized carbons (Fsp3) is 0.538. The maximum Gasteiger partial charge on any atom is 0.274 e. The molecule has 2 rings (SSSR count). The molecule has 1 aliphatic heterocycles. The summed E-state index contributed by atoms with van der Waals surface area (Å²) in [5, 5.41) is 14.0. The van der Waals surface area contributed by atoms with E-state index in [0.29, 0.717) is 18.2 Å². The van der Waals surface area contributed by atoms with Crippen LogP contribution < -0.4 is 5.32 Å². The van der Waals surface area contributed by atoms with E-state index in [0.717, 1.165) is 25.6 Å². The third kappa shape index (κ3) is 3.48. The molecule has 0 radical (unpaired) electrons. The lowest BCUT2D eigenvalue weighted by Gasteiger charge is -2.19. The van der Waals surface area contributed by atoms with Crippen molar-refractivity contribution in [3.63, 3.8) is 0 Å². The molecule has 0 amide bonds. The Hall–Kier alpha value is -1.53. The average molecular weight is 267 g/mol. The molecule has 1 aromatic rings. The number of likely N-dealkylation sites (tertiary alicyclic amines) is 1. The second-order valence-corrected chi connectivity index (χ2v) is 4.94. The summed E-state index contributed by atoms with van der Waals surface area (Å²) in [6.07, 6.45) is 2.32. The molecule has 0 aliphatic carbocycles. The zero-order chi connectivity index (χ0) is 13.8. The highest BCUT2D eigenvalue weighted by Gasteiger charge is 2.20. The van der Waals surface area contributed by atoms with Crippen molar-refractivity contribution in [2.45, 2.75) is 25.4 Å². The molecule has 19 heavy (non-hydrogen) atoms. The summed E-state index contributed by atoms with van der Waals surface area (Å²) in [5.41, 5.74) is 0.360. The van der Waals surface area contributed by atoms with Crippen LogP contribution in [-0.2, 0) is 6.54 Å². The van der Waals surface area contributed by atoms with Crippen LogP contribution in [0.2, 0.25) is 0 Å². The fourth-order valence-corrected chi connectivity index (χ4v) is 2.48. The van der Waals surface area contributed by atoms with Crippen LogP contribution in [0, 0.1) is 15.9 Å². The lowest BCUT2D eigenvalue weighted by molar-refractivity contribution is -0.385. The highest BCUT2D eigenvalue weighted by Crippen LogP contribution is 2.19. The molecule has 5 nitrogen and oxygen atoms in total. The van der Waals surface area contributed by atoms with E-state index in [1.807, 2.05) is 0 Å².